The van der Waals surface area contributed by atoms with Crippen LogP contribution in [-0.4, -0.2) is 38.0 Å². The van der Waals surface area contributed by atoms with Crippen molar-refractivity contribution in [3.05, 3.63) is 16.1 Å². The summed E-state index contributed by atoms with van der Waals surface area (Å²) in [5.74, 6) is 0.189. The Morgan fingerprint density at radius 1 is 1.56 bits per heavy atom. The third-order valence-corrected chi connectivity index (χ3v) is 4.34. The molecule has 1 N–H and O–H groups in total. The van der Waals surface area contributed by atoms with Crippen LogP contribution in [-0.2, 0) is 16.3 Å². The lowest BCUT2D eigenvalue weighted by Gasteiger charge is -2.11. The van der Waals surface area contributed by atoms with Gasteiger partial charge >= 0.3 is 0 Å². The first-order valence-corrected chi connectivity index (χ1v) is 8.12. The molecule has 1 unspecified atom stereocenters. The molecule has 0 spiro atoms. The molecular weight excluding hydrogens is 244 g/mol. The van der Waals surface area contributed by atoms with Gasteiger partial charge in [-0.3, -0.25) is 0 Å². The molecule has 0 saturated carbocycles. The standard InChI is InChI=1S/C10H18N2O2S2/c1-8(6-16(3,13)14)11-5-4-10-9(2)12-7-15-10/h7-8,11H,4-6H2,1-3H3. The predicted octanol–water partition coefficient (Wildman–Crippen LogP) is 1.02. The smallest absolute Gasteiger partial charge is 0.148 e. The Hall–Kier alpha value is -0.460. The highest BCUT2D eigenvalue weighted by Crippen LogP contribution is 2.11. The lowest BCUT2D eigenvalue weighted by molar-refractivity contribution is 0.562. The maximum atomic E-state index is 11.0. The summed E-state index contributed by atoms with van der Waals surface area (Å²) in [4.78, 5) is 5.43. The second-order valence-corrected chi connectivity index (χ2v) is 7.18. The molecule has 0 aliphatic heterocycles. The molecule has 0 radical (unpaired) electrons. The Morgan fingerprint density at radius 3 is 2.75 bits per heavy atom. The first kappa shape index (κ1) is 13.6. The van der Waals surface area contributed by atoms with Gasteiger partial charge in [0, 0.05) is 23.7 Å². The average molecular weight is 262 g/mol. The van der Waals surface area contributed by atoms with E-state index < -0.39 is 9.84 Å². The van der Waals surface area contributed by atoms with Gasteiger partial charge in [0.2, 0.25) is 0 Å². The predicted molar refractivity (Wildman–Crippen MR) is 67.7 cm³/mol. The van der Waals surface area contributed by atoms with Gasteiger partial charge in [0.05, 0.1) is 17.0 Å². The molecule has 16 heavy (non-hydrogen) atoms. The zero-order valence-electron chi connectivity index (χ0n) is 9.86. The SMILES string of the molecule is Cc1ncsc1CCNC(C)CS(C)(=O)=O. The Labute approximate surface area is 101 Å². The maximum absolute atomic E-state index is 11.0. The molecule has 1 atom stereocenters. The van der Waals surface area contributed by atoms with E-state index in [1.165, 1.54) is 11.1 Å². The summed E-state index contributed by atoms with van der Waals surface area (Å²) in [5.41, 5.74) is 2.91. The van der Waals surface area contributed by atoms with Crippen molar-refractivity contribution >= 4 is 21.2 Å². The summed E-state index contributed by atoms with van der Waals surface area (Å²) in [7, 11) is -2.89. The van der Waals surface area contributed by atoms with Crippen molar-refractivity contribution in [1.82, 2.24) is 10.3 Å². The number of hydrogen-bond donors (Lipinski definition) is 1. The third-order valence-electron chi connectivity index (χ3n) is 2.24. The topological polar surface area (TPSA) is 59.1 Å². The van der Waals surface area contributed by atoms with Crippen molar-refractivity contribution in [3.63, 3.8) is 0 Å². The van der Waals surface area contributed by atoms with Crippen molar-refractivity contribution in [2.75, 3.05) is 18.6 Å². The summed E-state index contributed by atoms with van der Waals surface area (Å²) in [6.45, 7) is 4.67. The summed E-state index contributed by atoms with van der Waals surface area (Å²) >= 11 is 1.64. The molecule has 1 rings (SSSR count). The molecule has 92 valence electrons. The highest BCUT2D eigenvalue weighted by atomic mass is 32.2. The second-order valence-electron chi connectivity index (χ2n) is 4.06. The van der Waals surface area contributed by atoms with Crippen LogP contribution in [0.25, 0.3) is 0 Å². The van der Waals surface area contributed by atoms with Gasteiger partial charge in [-0.05, 0) is 20.3 Å². The van der Waals surface area contributed by atoms with Crippen LogP contribution in [0, 0.1) is 6.92 Å². The molecular formula is C10H18N2O2S2. The van der Waals surface area contributed by atoms with Crippen molar-refractivity contribution in [2.45, 2.75) is 26.3 Å². The van der Waals surface area contributed by atoms with Gasteiger partial charge in [0.25, 0.3) is 0 Å². The Kier molecular flexibility index (Phi) is 4.89. The van der Waals surface area contributed by atoms with Crippen molar-refractivity contribution in [1.29, 1.82) is 0 Å². The quantitative estimate of drug-likeness (QED) is 0.831. The molecule has 0 aliphatic rings. The summed E-state index contributed by atoms with van der Waals surface area (Å²) < 4.78 is 22.1. The number of aromatic nitrogens is 1. The number of rotatable bonds is 6. The van der Waals surface area contributed by atoms with Gasteiger partial charge in [-0.2, -0.15) is 0 Å². The Morgan fingerprint density at radius 2 is 2.25 bits per heavy atom. The lowest BCUT2D eigenvalue weighted by atomic mass is 10.3. The molecule has 0 aromatic carbocycles. The minimum atomic E-state index is -2.89. The van der Waals surface area contributed by atoms with E-state index in [1.807, 2.05) is 19.4 Å². The molecule has 4 nitrogen and oxygen atoms in total. The minimum Gasteiger partial charge on any atom is -0.313 e. The zero-order chi connectivity index (χ0) is 12.2. The second kappa shape index (κ2) is 5.75. The number of nitrogens with one attached hydrogen (secondary N) is 1. The van der Waals surface area contributed by atoms with Gasteiger partial charge < -0.3 is 5.32 Å². The minimum absolute atomic E-state index is 0.00299. The number of thiazole rings is 1. The summed E-state index contributed by atoms with van der Waals surface area (Å²) in [5, 5.41) is 3.20. The van der Waals surface area contributed by atoms with E-state index in [9.17, 15) is 8.42 Å². The van der Waals surface area contributed by atoms with Crippen LogP contribution in [0.5, 0.6) is 0 Å². The van der Waals surface area contributed by atoms with E-state index in [4.69, 9.17) is 0 Å². The number of nitrogens with zero attached hydrogens (tertiary/aromatic N) is 1. The Balaban J connectivity index is 2.28. The van der Waals surface area contributed by atoms with Gasteiger partial charge in [-0.1, -0.05) is 0 Å². The number of sulfone groups is 1. The molecule has 0 amide bonds. The molecule has 0 saturated heterocycles. The molecule has 1 aromatic rings. The van der Waals surface area contributed by atoms with Crippen LogP contribution in [0.15, 0.2) is 5.51 Å². The largest absolute Gasteiger partial charge is 0.313 e. The fraction of sp³-hybridized carbons (Fsp3) is 0.700. The molecule has 0 fully saturated rings. The van der Waals surface area contributed by atoms with Crippen molar-refractivity contribution < 1.29 is 8.42 Å². The molecule has 0 bridgehead atoms. The zero-order valence-corrected chi connectivity index (χ0v) is 11.5. The van der Waals surface area contributed by atoms with Gasteiger partial charge in [0.15, 0.2) is 0 Å². The number of aryl methyl sites for hydroxylation is 1. The number of hydrogen-bond acceptors (Lipinski definition) is 5. The van der Waals surface area contributed by atoms with E-state index >= 15 is 0 Å². The van der Waals surface area contributed by atoms with E-state index in [0.29, 0.717) is 0 Å². The van der Waals surface area contributed by atoms with E-state index in [-0.39, 0.29) is 11.8 Å². The first-order valence-electron chi connectivity index (χ1n) is 5.18. The molecule has 6 heteroatoms. The molecule has 1 heterocycles. The Bertz CT molecular complexity index is 426. The van der Waals surface area contributed by atoms with Crippen LogP contribution in [0.4, 0.5) is 0 Å². The van der Waals surface area contributed by atoms with Crippen LogP contribution in [0.3, 0.4) is 0 Å². The third kappa shape index (κ3) is 5.05. The van der Waals surface area contributed by atoms with Gasteiger partial charge in [-0.15, -0.1) is 11.3 Å². The van der Waals surface area contributed by atoms with Crippen LogP contribution >= 0.6 is 11.3 Å². The van der Waals surface area contributed by atoms with E-state index in [1.54, 1.807) is 11.3 Å². The van der Waals surface area contributed by atoms with Crippen LogP contribution in [0.1, 0.15) is 17.5 Å². The normalized spacial score (nSPS) is 13.9. The van der Waals surface area contributed by atoms with Crippen LogP contribution < -0.4 is 5.32 Å². The fourth-order valence-corrected chi connectivity index (χ4v) is 3.32. The van der Waals surface area contributed by atoms with Gasteiger partial charge in [-0.25, -0.2) is 13.4 Å². The average Bonchev–Trinajstić information content (AvgIpc) is 2.48. The highest BCUT2D eigenvalue weighted by molar-refractivity contribution is 7.90. The van der Waals surface area contributed by atoms with Crippen molar-refractivity contribution in [3.8, 4) is 0 Å². The lowest BCUT2D eigenvalue weighted by Crippen LogP contribution is -2.34. The van der Waals surface area contributed by atoms with E-state index in [2.05, 4.69) is 10.3 Å². The van der Waals surface area contributed by atoms with E-state index in [0.717, 1.165) is 18.7 Å². The fourth-order valence-electron chi connectivity index (χ4n) is 1.51. The summed E-state index contributed by atoms with van der Waals surface area (Å²) in [6, 6.07) is 0.00299. The maximum Gasteiger partial charge on any atom is 0.148 e. The molecule has 0 aliphatic carbocycles. The monoisotopic (exact) mass is 262 g/mol. The summed E-state index contributed by atoms with van der Waals surface area (Å²) in [6.07, 6.45) is 2.17. The van der Waals surface area contributed by atoms with Gasteiger partial charge in [0.1, 0.15) is 9.84 Å². The first-order chi connectivity index (χ1) is 7.38. The van der Waals surface area contributed by atoms with Crippen molar-refractivity contribution in [2.24, 2.45) is 0 Å². The van der Waals surface area contributed by atoms with Crippen LogP contribution in [0.2, 0.25) is 0 Å². The molecule has 1 aromatic heterocycles. The highest BCUT2D eigenvalue weighted by Gasteiger charge is 2.09.